The summed E-state index contributed by atoms with van der Waals surface area (Å²) >= 11 is 1.26. The largest absolute Gasteiger partial charge is 0.463 e. The number of nitrogens with two attached hydrogens (primary N) is 1. The monoisotopic (exact) mass is 353 g/mol. The predicted octanol–water partition coefficient (Wildman–Crippen LogP) is 4.05. The molecule has 0 aromatic heterocycles. The number of hydrogen-bond donors (Lipinski definition) is 1. The molecule has 0 aromatic rings. The van der Waals surface area contributed by atoms with Crippen molar-refractivity contribution in [2.75, 3.05) is 12.4 Å². The zero-order valence-electron chi connectivity index (χ0n) is 15.1. The Balaban J connectivity index is 4.69. The Morgan fingerprint density at radius 2 is 1.68 bits per heavy atom. The van der Waals surface area contributed by atoms with Crippen molar-refractivity contribution in [1.29, 1.82) is 0 Å². The maximum absolute atomic E-state index is 13.2. The lowest BCUT2D eigenvalue weighted by Crippen LogP contribution is -2.43. The summed E-state index contributed by atoms with van der Waals surface area (Å²) in [5, 5.41) is 0. The molecule has 0 fully saturated rings. The molecule has 0 aliphatic rings. The van der Waals surface area contributed by atoms with Gasteiger partial charge in [0.25, 0.3) is 6.57 Å². The summed E-state index contributed by atoms with van der Waals surface area (Å²) in [6.45, 7) is 12.1. The lowest BCUT2D eigenvalue weighted by Gasteiger charge is -2.32. The van der Waals surface area contributed by atoms with Crippen molar-refractivity contribution in [3.63, 3.8) is 0 Å². The number of hydrogen-bond acceptors (Lipinski definition) is 6. The van der Waals surface area contributed by atoms with Gasteiger partial charge in [0.05, 0.1) is 5.60 Å². The number of esters is 1. The molecule has 5 nitrogen and oxygen atoms in total. The maximum Gasteiger partial charge on any atom is 0.325 e. The standard InChI is InChI=1S/C15H32NO4PS/c1-11(2)12(3)21(18,20-14(4,5)6)22-10-9-19-13(17)15(7,8)16/h11-12H,9-10,16H2,1-8H3. The summed E-state index contributed by atoms with van der Waals surface area (Å²) in [4.78, 5) is 11.6. The molecule has 132 valence electrons. The van der Waals surface area contributed by atoms with E-state index in [0.29, 0.717) is 5.75 Å². The fraction of sp³-hybridized carbons (Fsp3) is 0.933. The highest BCUT2D eigenvalue weighted by molar-refractivity contribution is 8.56. The minimum Gasteiger partial charge on any atom is -0.463 e. The third-order valence-corrected chi connectivity index (χ3v) is 8.93. The summed E-state index contributed by atoms with van der Waals surface area (Å²) in [5.74, 6) is 0.203. The third-order valence-electron chi connectivity index (χ3n) is 2.98. The van der Waals surface area contributed by atoms with E-state index in [1.165, 1.54) is 11.4 Å². The van der Waals surface area contributed by atoms with Crippen molar-refractivity contribution in [3.05, 3.63) is 0 Å². The van der Waals surface area contributed by atoms with Crippen molar-refractivity contribution in [3.8, 4) is 0 Å². The van der Waals surface area contributed by atoms with E-state index in [1.807, 2.05) is 41.5 Å². The molecule has 0 radical (unpaired) electrons. The number of rotatable bonds is 8. The van der Waals surface area contributed by atoms with Crippen LogP contribution in [0.3, 0.4) is 0 Å². The van der Waals surface area contributed by atoms with Crippen LogP contribution in [-0.2, 0) is 18.6 Å². The molecule has 7 heteroatoms. The second kappa shape index (κ2) is 8.18. The van der Waals surface area contributed by atoms with Gasteiger partial charge < -0.3 is 15.0 Å². The zero-order valence-corrected chi connectivity index (χ0v) is 16.8. The minimum absolute atomic E-state index is 0.0709. The van der Waals surface area contributed by atoms with Gasteiger partial charge in [0.1, 0.15) is 12.1 Å². The number of carbonyl (C=O) groups excluding carboxylic acids is 1. The van der Waals surface area contributed by atoms with Gasteiger partial charge in [-0.15, -0.1) is 0 Å². The van der Waals surface area contributed by atoms with E-state index in [4.69, 9.17) is 15.0 Å². The molecule has 0 rings (SSSR count). The average Bonchev–Trinajstić information content (AvgIpc) is 2.29. The van der Waals surface area contributed by atoms with Gasteiger partial charge in [-0.2, -0.15) is 0 Å². The van der Waals surface area contributed by atoms with Crippen LogP contribution in [0, 0.1) is 5.92 Å². The SMILES string of the molecule is CC(C)C(C)P(=O)(OC(C)(C)C)SCCOC(=O)C(C)(C)N. The Hall–Kier alpha value is -0.0300. The van der Waals surface area contributed by atoms with Gasteiger partial charge >= 0.3 is 5.97 Å². The first-order valence-electron chi connectivity index (χ1n) is 7.60. The van der Waals surface area contributed by atoms with E-state index < -0.39 is 23.7 Å². The number of ether oxygens (including phenoxy) is 1. The molecule has 2 N–H and O–H groups in total. The normalized spacial score (nSPS) is 17.2. The summed E-state index contributed by atoms with van der Waals surface area (Å²) in [5.41, 5.74) is 4.09. The average molecular weight is 353 g/mol. The minimum atomic E-state index is -2.89. The van der Waals surface area contributed by atoms with E-state index in [1.54, 1.807) is 13.8 Å². The molecule has 0 saturated carbocycles. The van der Waals surface area contributed by atoms with Gasteiger partial charge in [-0.05, 0) is 40.5 Å². The summed E-state index contributed by atoms with van der Waals surface area (Å²) in [6, 6.07) is 0. The molecule has 0 aliphatic heterocycles. The fourth-order valence-electron chi connectivity index (χ4n) is 1.46. The summed E-state index contributed by atoms with van der Waals surface area (Å²) in [7, 11) is 0. The van der Waals surface area contributed by atoms with Crippen molar-refractivity contribution >= 4 is 23.9 Å². The lowest BCUT2D eigenvalue weighted by molar-refractivity contribution is -0.148. The van der Waals surface area contributed by atoms with Crippen LogP contribution in [0.25, 0.3) is 0 Å². The molecular weight excluding hydrogens is 321 g/mol. The predicted molar refractivity (Wildman–Crippen MR) is 94.4 cm³/mol. The second-order valence-corrected chi connectivity index (χ2v) is 12.5. The Morgan fingerprint density at radius 1 is 1.18 bits per heavy atom. The van der Waals surface area contributed by atoms with Crippen LogP contribution in [0.2, 0.25) is 0 Å². The van der Waals surface area contributed by atoms with Gasteiger partial charge in [-0.25, -0.2) is 0 Å². The first kappa shape index (κ1) is 22.0. The molecule has 0 spiro atoms. The smallest absolute Gasteiger partial charge is 0.325 e. The zero-order chi connectivity index (χ0) is 17.8. The Morgan fingerprint density at radius 3 is 2.05 bits per heavy atom. The molecule has 0 amide bonds. The molecule has 0 aliphatic carbocycles. The highest BCUT2D eigenvalue weighted by atomic mass is 32.7. The highest BCUT2D eigenvalue weighted by Gasteiger charge is 2.37. The van der Waals surface area contributed by atoms with Gasteiger partial charge in [0.15, 0.2) is 0 Å². The Bertz CT molecular complexity index is 413. The van der Waals surface area contributed by atoms with Crippen molar-refractivity contribution in [2.24, 2.45) is 11.7 Å². The second-order valence-electron chi connectivity index (χ2n) is 7.42. The number of carbonyl (C=O) groups is 1. The Labute approximate surface area is 139 Å². The maximum atomic E-state index is 13.2. The molecule has 0 aromatic carbocycles. The summed E-state index contributed by atoms with van der Waals surface area (Å²) in [6.07, 6.45) is 0. The lowest BCUT2D eigenvalue weighted by atomic mass is 10.1. The van der Waals surface area contributed by atoms with Crippen LogP contribution >= 0.6 is 18.0 Å². The van der Waals surface area contributed by atoms with E-state index in [9.17, 15) is 9.36 Å². The van der Waals surface area contributed by atoms with Crippen LogP contribution < -0.4 is 5.73 Å². The molecule has 0 heterocycles. The molecule has 2 unspecified atom stereocenters. The van der Waals surface area contributed by atoms with Crippen molar-refractivity contribution < 1.29 is 18.6 Å². The third kappa shape index (κ3) is 8.00. The van der Waals surface area contributed by atoms with E-state index >= 15 is 0 Å². The van der Waals surface area contributed by atoms with Crippen LogP contribution in [0.15, 0.2) is 0 Å². The summed E-state index contributed by atoms with van der Waals surface area (Å²) < 4.78 is 24.2. The molecule has 22 heavy (non-hydrogen) atoms. The quantitative estimate of drug-likeness (QED) is 0.403. The topological polar surface area (TPSA) is 78.6 Å². The van der Waals surface area contributed by atoms with Crippen LogP contribution in [0.5, 0.6) is 0 Å². The van der Waals surface area contributed by atoms with Gasteiger partial charge in [-0.1, -0.05) is 32.2 Å². The van der Waals surface area contributed by atoms with E-state index in [-0.39, 0.29) is 18.2 Å². The van der Waals surface area contributed by atoms with Crippen molar-refractivity contribution in [1.82, 2.24) is 0 Å². The fourth-order valence-corrected chi connectivity index (χ4v) is 7.07. The van der Waals surface area contributed by atoms with Crippen molar-refractivity contribution in [2.45, 2.75) is 72.2 Å². The molecule has 0 bridgehead atoms. The first-order chi connectivity index (χ1) is 9.69. The van der Waals surface area contributed by atoms with Gasteiger partial charge in [-0.3, -0.25) is 9.36 Å². The van der Waals surface area contributed by atoms with Gasteiger partial charge in [0, 0.05) is 11.4 Å². The van der Waals surface area contributed by atoms with Crippen LogP contribution in [0.1, 0.15) is 55.4 Å². The van der Waals surface area contributed by atoms with E-state index in [2.05, 4.69) is 0 Å². The molecular formula is C15H32NO4PS. The Kier molecular flexibility index (Phi) is 8.17. The molecule has 0 saturated heterocycles. The first-order valence-corrected chi connectivity index (χ1v) is 10.9. The van der Waals surface area contributed by atoms with Crippen LogP contribution in [0.4, 0.5) is 0 Å². The van der Waals surface area contributed by atoms with E-state index in [0.717, 1.165) is 0 Å². The molecule has 2 atom stereocenters. The van der Waals surface area contributed by atoms with Crippen LogP contribution in [-0.4, -0.2) is 35.1 Å². The highest BCUT2D eigenvalue weighted by Crippen LogP contribution is 2.66. The van der Waals surface area contributed by atoms with Gasteiger partial charge in [0.2, 0.25) is 0 Å².